The second-order valence-electron chi connectivity index (χ2n) is 5.09. The number of carbonyl (C=O) groups excluding carboxylic acids is 1. The van der Waals surface area contributed by atoms with E-state index in [-0.39, 0.29) is 11.4 Å². The zero-order valence-electron chi connectivity index (χ0n) is 13.5. The number of nitrogens with zero attached hydrogens (tertiary/aromatic N) is 1. The maximum absolute atomic E-state index is 12.9. The molecular formula is C18H20FN3O2. The Bertz CT molecular complexity index is 732. The zero-order valence-corrected chi connectivity index (χ0v) is 13.5. The quantitative estimate of drug-likeness (QED) is 0.604. The van der Waals surface area contributed by atoms with E-state index < -0.39 is 11.9 Å². The summed E-state index contributed by atoms with van der Waals surface area (Å²) in [5.74, 6) is -0.527. The molecule has 0 saturated heterocycles. The molecule has 2 aromatic rings. The van der Waals surface area contributed by atoms with Crippen LogP contribution in [0.15, 0.2) is 48.6 Å². The minimum Gasteiger partial charge on any atom is -0.490 e. The number of ether oxygens (including phenoxy) is 1. The van der Waals surface area contributed by atoms with Crippen LogP contribution < -0.4 is 15.8 Å². The Kier molecular flexibility index (Phi) is 6.31. The van der Waals surface area contributed by atoms with Crippen molar-refractivity contribution in [3.8, 4) is 5.75 Å². The highest BCUT2D eigenvalue weighted by Gasteiger charge is 2.11. The molecular weight excluding hydrogens is 309 g/mol. The van der Waals surface area contributed by atoms with Crippen molar-refractivity contribution in [1.29, 1.82) is 0 Å². The molecule has 0 spiro atoms. The van der Waals surface area contributed by atoms with E-state index in [1.54, 1.807) is 0 Å². The highest BCUT2D eigenvalue weighted by Crippen LogP contribution is 2.14. The third-order valence-electron chi connectivity index (χ3n) is 3.24. The van der Waals surface area contributed by atoms with E-state index in [2.05, 4.69) is 17.2 Å². The van der Waals surface area contributed by atoms with Crippen LogP contribution in [0.25, 0.3) is 0 Å². The van der Waals surface area contributed by atoms with Crippen LogP contribution >= 0.6 is 0 Å². The molecule has 0 fully saturated rings. The summed E-state index contributed by atoms with van der Waals surface area (Å²) in [6.45, 7) is 2.86. The number of hydrogen-bond acceptors (Lipinski definition) is 4. The number of carbonyl (C=O) groups is 1. The van der Waals surface area contributed by atoms with Crippen LogP contribution in [0, 0.1) is 5.95 Å². The Labute approximate surface area is 140 Å². The van der Waals surface area contributed by atoms with Gasteiger partial charge in [0.25, 0.3) is 5.91 Å². The molecule has 6 heteroatoms. The molecule has 1 heterocycles. The third kappa shape index (κ3) is 5.08. The van der Waals surface area contributed by atoms with Gasteiger partial charge in [0.2, 0.25) is 5.95 Å². The van der Waals surface area contributed by atoms with E-state index in [0.29, 0.717) is 13.2 Å². The lowest BCUT2D eigenvalue weighted by atomic mass is 10.2. The van der Waals surface area contributed by atoms with Gasteiger partial charge in [-0.25, -0.2) is 4.98 Å². The van der Waals surface area contributed by atoms with Gasteiger partial charge in [0, 0.05) is 6.54 Å². The van der Waals surface area contributed by atoms with Gasteiger partial charge in [0.05, 0.1) is 5.56 Å². The standard InChI is InChI=1S/C18H20FN3O2/c1-2-3-4-10-24-14-7-5-6-13(11-14)12-21-18(23)15-8-9-16(19)22-17(15)20/h3-9,11H,2,10,12H2,1H3,(H2,20,22)(H,21,23). The number of nitrogens with two attached hydrogens (primary N) is 1. The van der Waals surface area contributed by atoms with E-state index in [9.17, 15) is 9.18 Å². The molecule has 0 unspecified atom stereocenters. The maximum Gasteiger partial charge on any atom is 0.255 e. The number of nitrogens with one attached hydrogen (secondary N) is 1. The van der Waals surface area contributed by atoms with Crippen LogP contribution in [-0.2, 0) is 6.54 Å². The number of anilines is 1. The van der Waals surface area contributed by atoms with Gasteiger partial charge in [0.1, 0.15) is 18.2 Å². The SMILES string of the molecule is CCC=CCOc1cccc(CNC(=O)c2ccc(F)nc2N)c1. The molecule has 1 amide bonds. The van der Waals surface area contributed by atoms with Crippen LogP contribution in [0.3, 0.4) is 0 Å². The Morgan fingerprint density at radius 3 is 2.92 bits per heavy atom. The summed E-state index contributed by atoms with van der Waals surface area (Å²) in [4.78, 5) is 15.5. The van der Waals surface area contributed by atoms with Gasteiger partial charge in [-0.2, -0.15) is 4.39 Å². The highest BCUT2D eigenvalue weighted by molar-refractivity contribution is 5.98. The maximum atomic E-state index is 12.9. The first-order valence-electron chi connectivity index (χ1n) is 7.67. The molecule has 0 saturated carbocycles. The first kappa shape index (κ1) is 17.5. The number of aromatic nitrogens is 1. The summed E-state index contributed by atoms with van der Waals surface area (Å²) >= 11 is 0. The van der Waals surface area contributed by atoms with Crippen molar-refractivity contribution in [2.24, 2.45) is 0 Å². The van der Waals surface area contributed by atoms with Gasteiger partial charge in [-0.3, -0.25) is 4.79 Å². The second-order valence-corrected chi connectivity index (χ2v) is 5.09. The minimum absolute atomic E-state index is 0.132. The minimum atomic E-state index is -0.717. The van der Waals surface area contributed by atoms with Crippen molar-refractivity contribution in [1.82, 2.24) is 10.3 Å². The van der Waals surface area contributed by atoms with E-state index in [4.69, 9.17) is 10.5 Å². The molecule has 0 atom stereocenters. The summed E-state index contributed by atoms with van der Waals surface area (Å²) in [5.41, 5.74) is 6.59. The number of nitrogen functional groups attached to an aromatic ring is 1. The smallest absolute Gasteiger partial charge is 0.255 e. The molecule has 0 bridgehead atoms. The number of amides is 1. The molecule has 3 N–H and O–H groups in total. The average Bonchev–Trinajstić information content (AvgIpc) is 2.57. The first-order valence-corrected chi connectivity index (χ1v) is 7.67. The van der Waals surface area contributed by atoms with Crippen LogP contribution in [-0.4, -0.2) is 17.5 Å². The van der Waals surface area contributed by atoms with E-state index in [0.717, 1.165) is 23.8 Å². The van der Waals surface area contributed by atoms with Gasteiger partial charge >= 0.3 is 0 Å². The topological polar surface area (TPSA) is 77.2 Å². The molecule has 0 aliphatic rings. The lowest BCUT2D eigenvalue weighted by molar-refractivity contribution is 0.0951. The van der Waals surface area contributed by atoms with Gasteiger partial charge in [0.15, 0.2) is 0 Å². The average molecular weight is 329 g/mol. The fourth-order valence-corrected chi connectivity index (χ4v) is 2.04. The van der Waals surface area contributed by atoms with E-state index in [1.807, 2.05) is 36.4 Å². The molecule has 1 aromatic carbocycles. The molecule has 24 heavy (non-hydrogen) atoms. The predicted octanol–water partition coefficient (Wildman–Crippen LogP) is 3.08. The molecule has 0 radical (unpaired) electrons. The summed E-state index contributed by atoms with van der Waals surface area (Å²) in [6.07, 6.45) is 4.96. The second kappa shape index (κ2) is 8.67. The highest BCUT2D eigenvalue weighted by atomic mass is 19.1. The Hall–Kier alpha value is -2.89. The summed E-state index contributed by atoms with van der Waals surface area (Å²) in [7, 11) is 0. The van der Waals surface area contributed by atoms with Gasteiger partial charge in [-0.05, 0) is 36.2 Å². The van der Waals surface area contributed by atoms with Crippen LogP contribution in [0.4, 0.5) is 10.2 Å². The zero-order chi connectivity index (χ0) is 17.4. The summed E-state index contributed by atoms with van der Waals surface area (Å²) in [5, 5.41) is 2.73. The Balaban J connectivity index is 1.94. The van der Waals surface area contributed by atoms with Crippen molar-refractivity contribution in [2.45, 2.75) is 19.9 Å². The van der Waals surface area contributed by atoms with E-state index in [1.165, 1.54) is 6.07 Å². The van der Waals surface area contributed by atoms with Crippen molar-refractivity contribution >= 4 is 11.7 Å². The molecule has 0 aliphatic heterocycles. The Morgan fingerprint density at radius 1 is 1.33 bits per heavy atom. The number of rotatable bonds is 7. The first-order chi connectivity index (χ1) is 11.6. The predicted molar refractivity (Wildman–Crippen MR) is 91.1 cm³/mol. The number of pyridine rings is 1. The molecule has 2 rings (SSSR count). The fourth-order valence-electron chi connectivity index (χ4n) is 2.04. The van der Waals surface area contributed by atoms with Crippen molar-refractivity contribution in [3.05, 3.63) is 65.6 Å². The fraction of sp³-hybridized carbons (Fsp3) is 0.222. The number of halogens is 1. The molecule has 1 aromatic heterocycles. The van der Waals surface area contributed by atoms with E-state index >= 15 is 0 Å². The van der Waals surface area contributed by atoms with Gasteiger partial charge in [-0.15, -0.1) is 0 Å². The normalized spacial score (nSPS) is 10.8. The van der Waals surface area contributed by atoms with Crippen LogP contribution in [0.1, 0.15) is 29.3 Å². The van der Waals surface area contributed by atoms with Crippen molar-refractivity contribution < 1.29 is 13.9 Å². The number of benzene rings is 1. The Morgan fingerprint density at radius 2 is 2.17 bits per heavy atom. The van der Waals surface area contributed by atoms with Crippen LogP contribution in [0.2, 0.25) is 0 Å². The summed E-state index contributed by atoms with van der Waals surface area (Å²) in [6, 6.07) is 9.85. The largest absolute Gasteiger partial charge is 0.490 e. The van der Waals surface area contributed by atoms with Crippen molar-refractivity contribution in [3.63, 3.8) is 0 Å². The number of allylic oxidation sites excluding steroid dienone is 1. The lowest BCUT2D eigenvalue weighted by Crippen LogP contribution is -2.24. The summed E-state index contributed by atoms with van der Waals surface area (Å²) < 4.78 is 18.5. The van der Waals surface area contributed by atoms with Gasteiger partial charge in [-0.1, -0.05) is 31.2 Å². The monoisotopic (exact) mass is 329 g/mol. The molecule has 126 valence electrons. The van der Waals surface area contributed by atoms with Crippen molar-refractivity contribution in [2.75, 3.05) is 12.3 Å². The lowest BCUT2D eigenvalue weighted by Gasteiger charge is -2.09. The number of hydrogen-bond donors (Lipinski definition) is 2. The third-order valence-corrected chi connectivity index (χ3v) is 3.24. The van der Waals surface area contributed by atoms with Crippen LogP contribution in [0.5, 0.6) is 5.75 Å². The van der Waals surface area contributed by atoms with Gasteiger partial charge < -0.3 is 15.8 Å². The molecule has 0 aliphatic carbocycles. The molecule has 5 nitrogen and oxygen atoms in total.